The van der Waals surface area contributed by atoms with Gasteiger partial charge in [-0.05, 0) is 35.9 Å². The molecule has 0 saturated carbocycles. The standard InChI is InChI=1S/C18H18F2N2O4S/c19-14-3-6-16(20)17(12-14)27(25,26)22-9-7-21(8-10-22)18(24)11-13-1-4-15(23)5-2-13/h1-6,12,23H,7-11H2. The number of phenolic OH excluding ortho intramolecular Hbond substituents is 1. The minimum Gasteiger partial charge on any atom is -0.508 e. The largest absolute Gasteiger partial charge is 0.508 e. The third-order valence-corrected chi connectivity index (χ3v) is 6.31. The molecule has 6 nitrogen and oxygen atoms in total. The first-order valence-electron chi connectivity index (χ1n) is 8.28. The number of carbonyl (C=O) groups excluding carboxylic acids is 1. The summed E-state index contributed by atoms with van der Waals surface area (Å²) in [5.41, 5.74) is 0.731. The van der Waals surface area contributed by atoms with Crippen LogP contribution in [0.3, 0.4) is 0 Å². The lowest BCUT2D eigenvalue weighted by Crippen LogP contribution is -2.51. The Bertz CT molecular complexity index is 940. The van der Waals surface area contributed by atoms with Gasteiger partial charge in [-0.25, -0.2) is 17.2 Å². The van der Waals surface area contributed by atoms with E-state index in [1.165, 1.54) is 17.0 Å². The predicted octanol–water partition coefficient (Wildman–Crippen LogP) is 1.75. The average Bonchev–Trinajstić information content (AvgIpc) is 2.65. The summed E-state index contributed by atoms with van der Waals surface area (Å²) >= 11 is 0. The van der Waals surface area contributed by atoms with Gasteiger partial charge in [0.1, 0.15) is 22.3 Å². The van der Waals surface area contributed by atoms with Crippen molar-refractivity contribution in [3.05, 3.63) is 59.7 Å². The quantitative estimate of drug-likeness (QED) is 0.854. The lowest BCUT2D eigenvalue weighted by atomic mass is 10.1. The van der Waals surface area contributed by atoms with Crippen LogP contribution in [0.15, 0.2) is 47.4 Å². The van der Waals surface area contributed by atoms with Crippen LogP contribution < -0.4 is 0 Å². The van der Waals surface area contributed by atoms with Gasteiger partial charge in [0, 0.05) is 26.2 Å². The van der Waals surface area contributed by atoms with Gasteiger partial charge in [-0.2, -0.15) is 4.31 Å². The number of hydrogen-bond acceptors (Lipinski definition) is 4. The molecule has 1 heterocycles. The molecule has 3 rings (SSSR count). The number of carbonyl (C=O) groups is 1. The Labute approximate surface area is 155 Å². The van der Waals surface area contributed by atoms with Gasteiger partial charge < -0.3 is 10.0 Å². The maximum atomic E-state index is 13.8. The number of phenols is 1. The molecule has 1 fully saturated rings. The SMILES string of the molecule is O=C(Cc1ccc(O)cc1)N1CCN(S(=O)(=O)c2cc(F)ccc2F)CC1. The summed E-state index contributed by atoms with van der Waals surface area (Å²) in [6.45, 7) is 0.319. The lowest BCUT2D eigenvalue weighted by Gasteiger charge is -2.34. The van der Waals surface area contributed by atoms with Crippen LogP contribution in [-0.4, -0.2) is 54.8 Å². The van der Waals surface area contributed by atoms with E-state index in [4.69, 9.17) is 0 Å². The molecular formula is C18H18F2N2O4S. The number of sulfonamides is 1. The van der Waals surface area contributed by atoms with Crippen molar-refractivity contribution in [1.29, 1.82) is 0 Å². The van der Waals surface area contributed by atoms with Gasteiger partial charge in [-0.1, -0.05) is 12.1 Å². The van der Waals surface area contributed by atoms with Crippen LogP contribution in [0.5, 0.6) is 5.75 Å². The highest BCUT2D eigenvalue weighted by Crippen LogP contribution is 2.22. The minimum atomic E-state index is -4.18. The smallest absolute Gasteiger partial charge is 0.246 e. The Morgan fingerprint density at radius 3 is 2.26 bits per heavy atom. The van der Waals surface area contributed by atoms with Crippen molar-refractivity contribution in [3.63, 3.8) is 0 Å². The minimum absolute atomic E-state index is 0.000392. The van der Waals surface area contributed by atoms with Gasteiger partial charge >= 0.3 is 0 Å². The Morgan fingerprint density at radius 2 is 1.63 bits per heavy atom. The number of nitrogens with zero attached hydrogens (tertiary/aromatic N) is 2. The Balaban J connectivity index is 1.65. The topological polar surface area (TPSA) is 77.9 Å². The van der Waals surface area contributed by atoms with Crippen LogP contribution in [0.1, 0.15) is 5.56 Å². The molecule has 9 heteroatoms. The van der Waals surface area contributed by atoms with Crippen LogP contribution in [0, 0.1) is 11.6 Å². The maximum absolute atomic E-state index is 13.8. The first kappa shape index (κ1) is 19.2. The van der Waals surface area contributed by atoms with Gasteiger partial charge in [0.25, 0.3) is 0 Å². The van der Waals surface area contributed by atoms with Crippen molar-refractivity contribution in [2.24, 2.45) is 0 Å². The van der Waals surface area contributed by atoms with Crippen molar-refractivity contribution in [2.45, 2.75) is 11.3 Å². The molecule has 0 unspecified atom stereocenters. The van der Waals surface area contributed by atoms with Crippen molar-refractivity contribution in [1.82, 2.24) is 9.21 Å². The first-order valence-corrected chi connectivity index (χ1v) is 9.72. The molecule has 1 saturated heterocycles. The third-order valence-electron chi connectivity index (χ3n) is 4.39. The molecule has 0 aromatic heterocycles. The highest BCUT2D eigenvalue weighted by molar-refractivity contribution is 7.89. The molecule has 2 aromatic carbocycles. The Kier molecular flexibility index (Phi) is 5.43. The molecule has 2 aromatic rings. The van der Waals surface area contributed by atoms with Gasteiger partial charge in [0.2, 0.25) is 15.9 Å². The number of rotatable bonds is 4. The summed E-state index contributed by atoms with van der Waals surface area (Å²) in [6.07, 6.45) is 0.131. The fourth-order valence-corrected chi connectivity index (χ4v) is 4.39. The third kappa shape index (κ3) is 4.25. The van der Waals surface area contributed by atoms with Crippen molar-refractivity contribution < 1.29 is 27.1 Å². The summed E-state index contributed by atoms with van der Waals surface area (Å²) in [6, 6.07) is 8.55. The van der Waals surface area contributed by atoms with Gasteiger partial charge in [0.05, 0.1) is 6.42 Å². The molecule has 0 bridgehead atoms. The average molecular weight is 396 g/mol. The Hall–Kier alpha value is -2.52. The summed E-state index contributed by atoms with van der Waals surface area (Å²) in [5, 5.41) is 9.27. The number of piperazine rings is 1. The van der Waals surface area contributed by atoms with E-state index >= 15 is 0 Å². The zero-order chi connectivity index (χ0) is 19.6. The van der Waals surface area contributed by atoms with Crippen LogP contribution in [0.4, 0.5) is 8.78 Å². The van der Waals surface area contributed by atoms with E-state index in [0.29, 0.717) is 6.07 Å². The first-order chi connectivity index (χ1) is 12.8. The second-order valence-corrected chi connectivity index (χ2v) is 8.11. The number of aromatic hydroxyl groups is 1. The van der Waals surface area contributed by atoms with Gasteiger partial charge in [-0.15, -0.1) is 0 Å². The lowest BCUT2D eigenvalue weighted by molar-refractivity contribution is -0.131. The molecule has 144 valence electrons. The molecule has 0 atom stereocenters. The van der Waals surface area contributed by atoms with E-state index in [9.17, 15) is 27.1 Å². The van der Waals surface area contributed by atoms with E-state index < -0.39 is 26.6 Å². The predicted molar refractivity (Wildman–Crippen MR) is 93.5 cm³/mol. The monoisotopic (exact) mass is 396 g/mol. The normalized spacial score (nSPS) is 15.7. The van der Waals surface area contributed by atoms with Crippen molar-refractivity contribution in [2.75, 3.05) is 26.2 Å². The fourth-order valence-electron chi connectivity index (χ4n) is 2.89. The van der Waals surface area contributed by atoms with E-state index in [1.54, 1.807) is 12.1 Å². The highest BCUT2D eigenvalue weighted by atomic mass is 32.2. The van der Waals surface area contributed by atoms with E-state index in [0.717, 1.165) is 22.0 Å². The number of hydrogen-bond donors (Lipinski definition) is 1. The van der Waals surface area contributed by atoms with E-state index in [2.05, 4.69) is 0 Å². The summed E-state index contributed by atoms with van der Waals surface area (Å²) in [5.74, 6) is -1.91. The van der Waals surface area contributed by atoms with Crippen LogP contribution in [0.2, 0.25) is 0 Å². The maximum Gasteiger partial charge on any atom is 0.246 e. The highest BCUT2D eigenvalue weighted by Gasteiger charge is 2.32. The summed E-state index contributed by atoms with van der Waals surface area (Å²) in [4.78, 5) is 13.2. The van der Waals surface area contributed by atoms with Crippen molar-refractivity contribution >= 4 is 15.9 Å². The number of benzene rings is 2. The van der Waals surface area contributed by atoms with Crippen LogP contribution in [0.25, 0.3) is 0 Å². The van der Waals surface area contributed by atoms with Crippen molar-refractivity contribution in [3.8, 4) is 5.75 Å². The van der Waals surface area contributed by atoms with E-state index in [1.807, 2.05) is 0 Å². The molecule has 0 aliphatic carbocycles. The molecule has 1 aliphatic heterocycles. The van der Waals surface area contributed by atoms with Gasteiger partial charge in [0.15, 0.2) is 0 Å². The summed E-state index contributed by atoms with van der Waals surface area (Å²) in [7, 11) is -4.18. The molecule has 0 radical (unpaired) electrons. The molecule has 1 N–H and O–H groups in total. The second-order valence-electron chi connectivity index (χ2n) is 6.20. The van der Waals surface area contributed by atoms with Gasteiger partial charge in [-0.3, -0.25) is 4.79 Å². The number of amides is 1. The zero-order valence-corrected chi connectivity index (χ0v) is 15.1. The molecule has 0 spiro atoms. The fraction of sp³-hybridized carbons (Fsp3) is 0.278. The zero-order valence-electron chi connectivity index (χ0n) is 14.3. The molecule has 27 heavy (non-hydrogen) atoms. The molecular weight excluding hydrogens is 378 g/mol. The number of halogens is 2. The summed E-state index contributed by atoms with van der Waals surface area (Å²) < 4.78 is 53.3. The Morgan fingerprint density at radius 1 is 1.00 bits per heavy atom. The molecule has 1 aliphatic rings. The van der Waals surface area contributed by atoms with Crippen LogP contribution >= 0.6 is 0 Å². The van der Waals surface area contributed by atoms with Crippen LogP contribution in [-0.2, 0) is 21.2 Å². The second kappa shape index (κ2) is 7.61. The van der Waals surface area contributed by atoms with E-state index in [-0.39, 0.29) is 44.3 Å². The molecule has 1 amide bonds.